The summed E-state index contributed by atoms with van der Waals surface area (Å²) in [6, 6.07) is 1.91. The van der Waals surface area contributed by atoms with Crippen molar-refractivity contribution in [3.05, 3.63) is 39.5 Å². The van der Waals surface area contributed by atoms with Crippen LogP contribution in [0.1, 0.15) is 27.1 Å². The first-order valence-electron chi connectivity index (χ1n) is 5.55. The normalized spacial score (nSPS) is 12.4. The number of aryl methyl sites for hydroxylation is 2. The molecule has 0 saturated carbocycles. The Morgan fingerprint density at radius 2 is 2.06 bits per heavy atom. The topological polar surface area (TPSA) is 73.1 Å². The average Bonchev–Trinajstić information content (AvgIpc) is 2.71. The molecular formula is C12H16N4OS. The zero-order valence-corrected chi connectivity index (χ0v) is 11.4. The van der Waals surface area contributed by atoms with Gasteiger partial charge in [0.05, 0.1) is 7.11 Å². The lowest BCUT2D eigenvalue weighted by molar-refractivity contribution is 0.383. The molecular weight excluding hydrogens is 248 g/mol. The van der Waals surface area contributed by atoms with Crippen molar-refractivity contribution in [1.82, 2.24) is 15.4 Å². The van der Waals surface area contributed by atoms with Gasteiger partial charge in [0.25, 0.3) is 0 Å². The predicted octanol–water partition coefficient (Wildman–Crippen LogP) is 1.72. The maximum absolute atomic E-state index is 5.65. The number of aromatic nitrogens is 2. The number of hydrogen-bond donors (Lipinski definition) is 2. The quantitative estimate of drug-likeness (QED) is 0.649. The second-order valence-corrected chi connectivity index (χ2v) is 5.23. The van der Waals surface area contributed by atoms with Crippen molar-refractivity contribution in [3.63, 3.8) is 0 Å². The molecule has 18 heavy (non-hydrogen) atoms. The maximum atomic E-state index is 5.65. The molecule has 6 heteroatoms. The lowest BCUT2D eigenvalue weighted by Crippen LogP contribution is -2.29. The number of rotatable bonds is 4. The minimum atomic E-state index is -0.203. The van der Waals surface area contributed by atoms with Crippen LogP contribution in [-0.2, 0) is 0 Å². The van der Waals surface area contributed by atoms with Gasteiger partial charge in [-0.15, -0.1) is 11.3 Å². The van der Waals surface area contributed by atoms with E-state index < -0.39 is 0 Å². The summed E-state index contributed by atoms with van der Waals surface area (Å²) in [5.41, 5.74) is 4.72. The number of ether oxygens (including phenoxy) is 1. The number of nitrogens with zero attached hydrogens (tertiary/aromatic N) is 2. The number of hydrogen-bond acceptors (Lipinski definition) is 6. The first kappa shape index (κ1) is 12.9. The smallest absolute Gasteiger partial charge is 0.237 e. The van der Waals surface area contributed by atoms with Gasteiger partial charge in [0.1, 0.15) is 11.7 Å². The molecule has 0 spiro atoms. The Balaban J connectivity index is 2.45. The zero-order valence-electron chi connectivity index (χ0n) is 10.6. The number of thiophene rings is 1. The fourth-order valence-electron chi connectivity index (χ4n) is 1.73. The molecule has 2 heterocycles. The van der Waals surface area contributed by atoms with Crippen molar-refractivity contribution < 1.29 is 4.74 Å². The summed E-state index contributed by atoms with van der Waals surface area (Å²) in [4.78, 5) is 10.8. The van der Waals surface area contributed by atoms with E-state index >= 15 is 0 Å². The Morgan fingerprint density at radius 3 is 2.61 bits per heavy atom. The molecule has 0 radical (unpaired) electrons. The molecule has 2 aromatic heterocycles. The molecule has 2 aromatic rings. The number of hydrazine groups is 1. The number of methoxy groups -OCH3 is 1. The minimum Gasteiger partial charge on any atom is -0.480 e. The molecule has 3 N–H and O–H groups in total. The van der Waals surface area contributed by atoms with Crippen LogP contribution in [0.3, 0.4) is 0 Å². The highest BCUT2D eigenvalue weighted by atomic mass is 32.1. The maximum Gasteiger partial charge on any atom is 0.237 e. The van der Waals surface area contributed by atoms with Gasteiger partial charge in [-0.1, -0.05) is 0 Å². The predicted molar refractivity (Wildman–Crippen MR) is 71.5 cm³/mol. The van der Waals surface area contributed by atoms with Gasteiger partial charge in [-0.3, -0.25) is 10.8 Å². The molecule has 0 aromatic carbocycles. The van der Waals surface area contributed by atoms with Crippen LogP contribution in [0.25, 0.3) is 0 Å². The first-order chi connectivity index (χ1) is 8.67. The summed E-state index contributed by atoms with van der Waals surface area (Å²) in [6.07, 6.45) is 3.23. The van der Waals surface area contributed by atoms with E-state index in [1.807, 2.05) is 0 Å². The van der Waals surface area contributed by atoms with E-state index in [1.165, 1.54) is 10.4 Å². The first-order valence-corrected chi connectivity index (χ1v) is 6.37. The summed E-state index contributed by atoms with van der Waals surface area (Å²) in [5, 5.41) is 0. The lowest BCUT2D eigenvalue weighted by atomic mass is 10.1. The van der Waals surface area contributed by atoms with Crippen molar-refractivity contribution in [2.75, 3.05) is 7.11 Å². The molecule has 0 bridgehead atoms. The largest absolute Gasteiger partial charge is 0.480 e. The van der Waals surface area contributed by atoms with E-state index in [9.17, 15) is 0 Å². The Morgan fingerprint density at radius 1 is 1.33 bits per heavy atom. The van der Waals surface area contributed by atoms with Crippen LogP contribution in [-0.4, -0.2) is 17.1 Å². The third-order valence-corrected chi connectivity index (χ3v) is 4.01. The van der Waals surface area contributed by atoms with Crippen LogP contribution in [0.2, 0.25) is 0 Å². The monoisotopic (exact) mass is 264 g/mol. The average molecular weight is 264 g/mol. The van der Waals surface area contributed by atoms with Crippen molar-refractivity contribution in [1.29, 1.82) is 0 Å². The van der Waals surface area contributed by atoms with Gasteiger partial charge in [0.2, 0.25) is 5.88 Å². The van der Waals surface area contributed by atoms with E-state index in [-0.39, 0.29) is 6.04 Å². The standard InChI is InChI=1S/C12H16N4OS/c1-7-6-9(18-8(7)2)10(16-13)11-12(17-3)15-5-4-14-11/h4-6,10,16H,13H2,1-3H3. The second-order valence-electron chi connectivity index (χ2n) is 3.94. The zero-order chi connectivity index (χ0) is 13.1. The minimum absolute atomic E-state index is 0.203. The number of nitrogens with two attached hydrogens (primary N) is 1. The Hall–Kier alpha value is -1.50. The van der Waals surface area contributed by atoms with E-state index in [1.54, 1.807) is 30.8 Å². The Kier molecular flexibility index (Phi) is 3.90. The molecule has 0 aliphatic carbocycles. The summed E-state index contributed by atoms with van der Waals surface area (Å²) in [5.74, 6) is 6.14. The van der Waals surface area contributed by atoms with Crippen molar-refractivity contribution in [3.8, 4) is 5.88 Å². The van der Waals surface area contributed by atoms with Crippen LogP contribution < -0.4 is 16.0 Å². The third-order valence-electron chi connectivity index (χ3n) is 2.79. The van der Waals surface area contributed by atoms with E-state index in [4.69, 9.17) is 10.6 Å². The fourth-order valence-corrected chi connectivity index (χ4v) is 2.84. The molecule has 5 nitrogen and oxygen atoms in total. The van der Waals surface area contributed by atoms with E-state index in [0.717, 1.165) is 4.88 Å². The van der Waals surface area contributed by atoms with E-state index in [2.05, 4.69) is 35.3 Å². The third kappa shape index (κ3) is 2.35. The van der Waals surface area contributed by atoms with Gasteiger partial charge in [-0.25, -0.2) is 10.4 Å². The van der Waals surface area contributed by atoms with Gasteiger partial charge in [0.15, 0.2) is 0 Å². The Labute approximate surface area is 110 Å². The molecule has 0 aliphatic rings. The lowest BCUT2D eigenvalue weighted by Gasteiger charge is -2.15. The van der Waals surface area contributed by atoms with Crippen molar-refractivity contribution in [2.24, 2.45) is 5.84 Å². The van der Waals surface area contributed by atoms with Gasteiger partial charge < -0.3 is 4.74 Å². The fraction of sp³-hybridized carbons (Fsp3) is 0.333. The SMILES string of the molecule is COc1nccnc1C(NN)c1cc(C)c(C)s1. The van der Waals surface area contributed by atoms with Gasteiger partial charge in [-0.2, -0.15) is 0 Å². The van der Waals surface area contributed by atoms with Crippen LogP contribution in [0.5, 0.6) is 5.88 Å². The highest BCUT2D eigenvalue weighted by Crippen LogP contribution is 2.32. The summed E-state index contributed by atoms with van der Waals surface area (Å²) < 4.78 is 5.22. The Bertz CT molecular complexity index is 521. The summed E-state index contributed by atoms with van der Waals surface area (Å²) in [6.45, 7) is 4.17. The molecule has 0 fully saturated rings. The highest BCUT2D eigenvalue weighted by molar-refractivity contribution is 7.12. The second kappa shape index (κ2) is 5.43. The summed E-state index contributed by atoms with van der Waals surface area (Å²) >= 11 is 1.70. The van der Waals surface area contributed by atoms with Gasteiger partial charge in [-0.05, 0) is 25.5 Å². The highest BCUT2D eigenvalue weighted by Gasteiger charge is 2.21. The number of nitrogens with one attached hydrogen (secondary N) is 1. The van der Waals surface area contributed by atoms with Crippen molar-refractivity contribution in [2.45, 2.75) is 19.9 Å². The molecule has 2 rings (SSSR count). The summed E-state index contributed by atoms with van der Waals surface area (Å²) in [7, 11) is 1.58. The molecule has 1 atom stereocenters. The molecule has 0 aliphatic heterocycles. The molecule has 1 unspecified atom stereocenters. The van der Waals surface area contributed by atoms with E-state index in [0.29, 0.717) is 11.6 Å². The molecule has 0 saturated heterocycles. The molecule has 0 amide bonds. The van der Waals surface area contributed by atoms with Crippen LogP contribution in [0.15, 0.2) is 18.5 Å². The van der Waals surface area contributed by atoms with Gasteiger partial charge >= 0.3 is 0 Å². The van der Waals surface area contributed by atoms with Gasteiger partial charge in [0, 0.05) is 22.1 Å². The van der Waals surface area contributed by atoms with Crippen LogP contribution in [0, 0.1) is 13.8 Å². The van der Waals surface area contributed by atoms with Crippen LogP contribution >= 0.6 is 11.3 Å². The molecule has 96 valence electrons. The van der Waals surface area contributed by atoms with Crippen molar-refractivity contribution >= 4 is 11.3 Å². The van der Waals surface area contributed by atoms with Crippen LogP contribution in [0.4, 0.5) is 0 Å².